The number of benzene rings is 2. The van der Waals surface area contributed by atoms with Crippen molar-refractivity contribution < 1.29 is 40.7 Å². The highest BCUT2D eigenvalue weighted by molar-refractivity contribution is 7.90. The van der Waals surface area contributed by atoms with Crippen molar-refractivity contribution in [3.05, 3.63) is 46.0 Å². The number of esters is 1. The number of nitrogens with one attached hydrogen (secondary N) is 2. The molecule has 0 aromatic heterocycles. The maximum absolute atomic E-state index is 13.1. The van der Waals surface area contributed by atoms with Crippen LogP contribution in [0.4, 0.5) is 18.9 Å². The van der Waals surface area contributed by atoms with Crippen LogP contribution >= 0.6 is 11.6 Å². The van der Waals surface area contributed by atoms with E-state index in [9.17, 15) is 31.2 Å². The molecule has 3 rings (SSSR count). The van der Waals surface area contributed by atoms with Crippen molar-refractivity contribution >= 4 is 39.0 Å². The number of halogens is 4. The Labute approximate surface area is 191 Å². The Morgan fingerprint density at radius 1 is 1.18 bits per heavy atom. The normalized spacial score (nSPS) is 14.4. The fraction of sp³-hybridized carbons (Fsp3) is 0.300. The summed E-state index contributed by atoms with van der Waals surface area (Å²) < 4.78 is 73.2. The van der Waals surface area contributed by atoms with Gasteiger partial charge >= 0.3 is 12.1 Å². The van der Waals surface area contributed by atoms with Crippen molar-refractivity contribution in [2.45, 2.75) is 23.7 Å². The van der Waals surface area contributed by atoms with Crippen molar-refractivity contribution in [3.8, 4) is 11.5 Å². The van der Waals surface area contributed by atoms with Gasteiger partial charge in [-0.25, -0.2) is 13.2 Å². The second-order valence-corrected chi connectivity index (χ2v) is 9.55. The van der Waals surface area contributed by atoms with Gasteiger partial charge in [-0.05, 0) is 36.8 Å². The molecule has 2 N–H and O–H groups in total. The summed E-state index contributed by atoms with van der Waals surface area (Å²) in [5.41, 5.74) is 0.580. The number of carbonyl (C=O) groups excluding carboxylic acids is 2. The summed E-state index contributed by atoms with van der Waals surface area (Å²) >= 11 is 6.27. The number of anilines is 1. The van der Waals surface area contributed by atoms with Crippen molar-refractivity contribution in [2.75, 3.05) is 25.5 Å². The van der Waals surface area contributed by atoms with E-state index in [2.05, 4.69) is 10.1 Å². The van der Waals surface area contributed by atoms with Gasteiger partial charge in [0.1, 0.15) is 16.4 Å². The minimum absolute atomic E-state index is 0.00330. The van der Waals surface area contributed by atoms with Gasteiger partial charge in [0.2, 0.25) is 5.91 Å². The Kier molecular flexibility index (Phi) is 6.91. The molecular weight excluding hydrogens is 489 g/mol. The van der Waals surface area contributed by atoms with Crippen LogP contribution in [0.2, 0.25) is 5.02 Å². The van der Waals surface area contributed by atoms with Crippen LogP contribution in [0.1, 0.15) is 21.5 Å². The standard InChI is InChI=1S/C20H18ClF3N2O6S/c1-10-3-11(19(28)31-2)5-15-17(10)32-18-12(8-33(15,29)30)4-13(6-14(18)21)26-16(27)7-25-9-20(22,23)24/h3-6,25H,7-9H2,1-2H3,(H,26,27). The fourth-order valence-electron chi connectivity index (χ4n) is 3.19. The number of aryl methyl sites for hydroxylation is 1. The summed E-state index contributed by atoms with van der Waals surface area (Å²) in [7, 11) is -2.85. The molecule has 1 amide bonds. The molecule has 0 bridgehead atoms. The summed E-state index contributed by atoms with van der Waals surface area (Å²) in [5, 5.41) is 4.30. The quantitative estimate of drug-likeness (QED) is 0.596. The fourth-order valence-corrected chi connectivity index (χ4v) is 5.04. The molecule has 0 radical (unpaired) electrons. The number of hydrogen-bond acceptors (Lipinski definition) is 7. The summed E-state index contributed by atoms with van der Waals surface area (Å²) in [6.07, 6.45) is -4.47. The van der Waals surface area contributed by atoms with E-state index in [1.165, 1.54) is 25.3 Å². The Morgan fingerprint density at radius 3 is 2.52 bits per heavy atom. The zero-order chi connectivity index (χ0) is 24.6. The maximum atomic E-state index is 13.1. The van der Waals surface area contributed by atoms with Crippen LogP contribution in [0.5, 0.6) is 11.5 Å². The van der Waals surface area contributed by atoms with E-state index in [-0.39, 0.29) is 38.2 Å². The van der Waals surface area contributed by atoms with E-state index in [1.54, 1.807) is 6.92 Å². The molecule has 0 saturated heterocycles. The van der Waals surface area contributed by atoms with E-state index in [1.807, 2.05) is 5.32 Å². The first-order chi connectivity index (χ1) is 15.3. The number of rotatable bonds is 5. The van der Waals surface area contributed by atoms with Gasteiger partial charge in [-0.1, -0.05) is 11.6 Å². The van der Waals surface area contributed by atoms with Crippen LogP contribution in [0, 0.1) is 6.92 Å². The van der Waals surface area contributed by atoms with Gasteiger partial charge in [0, 0.05) is 11.3 Å². The highest BCUT2D eigenvalue weighted by atomic mass is 35.5. The first-order valence-corrected chi connectivity index (χ1v) is 11.4. The summed E-state index contributed by atoms with van der Waals surface area (Å²) in [5.74, 6) is -2.03. The number of amides is 1. The SMILES string of the molecule is COC(=O)c1cc(C)c2c(c1)S(=O)(=O)Cc1cc(NC(=O)CNCC(F)(F)F)cc(Cl)c1O2. The topological polar surface area (TPSA) is 111 Å². The molecule has 33 heavy (non-hydrogen) atoms. The van der Waals surface area contributed by atoms with Gasteiger partial charge in [-0.3, -0.25) is 4.79 Å². The zero-order valence-corrected chi connectivity index (χ0v) is 18.9. The lowest BCUT2D eigenvalue weighted by atomic mass is 10.1. The van der Waals surface area contributed by atoms with Crippen LogP contribution in [0.25, 0.3) is 0 Å². The molecule has 0 spiro atoms. The molecule has 1 heterocycles. The molecular formula is C20H18ClF3N2O6S. The summed E-state index contributed by atoms with van der Waals surface area (Å²) in [6.45, 7) is -0.408. The smallest absolute Gasteiger partial charge is 0.401 e. The number of sulfone groups is 1. The zero-order valence-electron chi connectivity index (χ0n) is 17.3. The van der Waals surface area contributed by atoms with Gasteiger partial charge in [-0.15, -0.1) is 0 Å². The molecule has 0 fully saturated rings. The first-order valence-electron chi connectivity index (χ1n) is 9.34. The molecule has 0 unspecified atom stereocenters. The minimum Gasteiger partial charge on any atom is -0.465 e. The lowest BCUT2D eigenvalue weighted by molar-refractivity contribution is -0.127. The molecule has 1 aliphatic rings. The van der Waals surface area contributed by atoms with Crippen molar-refractivity contribution in [3.63, 3.8) is 0 Å². The van der Waals surface area contributed by atoms with Crippen molar-refractivity contribution in [1.82, 2.24) is 5.32 Å². The van der Waals surface area contributed by atoms with Gasteiger partial charge < -0.3 is 20.1 Å². The lowest BCUT2D eigenvalue weighted by Crippen LogP contribution is -2.35. The monoisotopic (exact) mass is 506 g/mol. The molecule has 1 aliphatic heterocycles. The number of alkyl halides is 3. The van der Waals surface area contributed by atoms with E-state index >= 15 is 0 Å². The van der Waals surface area contributed by atoms with Crippen molar-refractivity contribution in [1.29, 1.82) is 0 Å². The van der Waals surface area contributed by atoms with Gasteiger partial charge in [0.25, 0.3) is 0 Å². The largest absolute Gasteiger partial charge is 0.465 e. The Morgan fingerprint density at radius 2 is 1.88 bits per heavy atom. The first kappa shape index (κ1) is 24.8. The molecule has 2 aromatic carbocycles. The number of methoxy groups -OCH3 is 1. The number of carbonyl (C=O) groups is 2. The third-order valence-corrected chi connectivity index (χ3v) is 6.51. The summed E-state index contributed by atoms with van der Waals surface area (Å²) in [4.78, 5) is 23.6. The highest BCUT2D eigenvalue weighted by Gasteiger charge is 2.31. The number of hydrogen-bond donors (Lipinski definition) is 2. The lowest BCUT2D eigenvalue weighted by Gasteiger charge is -2.14. The predicted molar refractivity (Wildman–Crippen MR) is 112 cm³/mol. The van der Waals surface area contributed by atoms with Gasteiger partial charge in [-0.2, -0.15) is 13.2 Å². The third-order valence-electron chi connectivity index (χ3n) is 4.56. The average Bonchev–Trinajstić information content (AvgIpc) is 2.80. The number of fused-ring (bicyclic) bond motifs is 2. The maximum Gasteiger partial charge on any atom is 0.401 e. The summed E-state index contributed by atoms with van der Waals surface area (Å²) in [6, 6.07) is 5.17. The second kappa shape index (κ2) is 9.20. The molecule has 0 aliphatic carbocycles. The molecule has 0 atom stereocenters. The van der Waals surface area contributed by atoms with E-state index in [0.29, 0.717) is 5.56 Å². The van der Waals surface area contributed by atoms with Gasteiger partial charge in [0.15, 0.2) is 9.84 Å². The molecule has 13 heteroatoms. The Bertz CT molecular complexity index is 1230. The highest BCUT2D eigenvalue weighted by Crippen LogP contribution is 2.44. The van der Waals surface area contributed by atoms with Crippen LogP contribution < -0.4 is 15.4 Å². The molecule has 8 nitrogen and oxygen atoms in total. The van der Waals surface area contributed by atoms with E-state index in [0.717, 1.165) is 6.07 Å². The Hall–Kier alpha value is -2.83. The average molecular weight is 507 g/mol. The van der Waals surface area contributed by atoms with Crippen molar-refractivity contribution in [2.24, 2.45) is 0 Å². The van der Waals surface area contributed by atoms with Crippen LogP contribution in [0.15, 0.2) is 29.2 Å². The second-order valence-electron chi connectivity index (χ2n) is 7.19. The Balaban J connectivity index is 1.92. The van der Waals surface area contributed by atoms with Crippen LogP contribution in [-0.2, 0) is 25.1 Å². The van der Waals surface area contributed by atoms with E-state index < -0.39 is 46.7 Å². The van der Waals surface area contributed by atoms with Crippen LogP contribution in [-0.4, -0.2) is 46.7 Å². The third kappa shape index (κ3) is 5.75. The van der Waals surface area contributed by atoms with E-state index in [4.69, 9.17) is 16.3 Å². The molecule has 0 saturated carbocycles. The van der Waals surface area contributed by atoms with Gasteiger partial charge in [0.05, 0.1) is 36.5 Å². The number of ether oxygens (including phenoxy) is 2. The molecule has 178 valence electrons. The molecule has 2 aromatic rings. The predicted octanol–water partition coefficient (Wildman–Crippen LogP) is 3.61. The van der Waals surface area contributed by atoms with Crippen LogP contribution in [0.3, 0.4) is 0 Å². The minimum atomic E-state index is -4.47.